The first-order valence-corrected chi connectivity index (χ1v) is 7.05. The molecule has 0 aliphatic rings. The van der Waals surface area contributed by atoms with Gasteiger partial charge in [-0.1, -0.05) is 19.1 Å². The van der Waals surface area contributed by atoms with Crippen molar-refractivity contribution in [2.45, 2.75) is 26.3 Å². The first-order chi connectivity index (χ1) is 8.69. The van der Waals surface area contributed by atoms with Crippen LogP contribution in [0.15, 0.2) is 36.4 Å². The fourth-order valence-electron chi connectivity index (χ4n) is 2.02. The lowest BCUT2D eigenvalue weighted by atomic mass is 10.0. The monoisotopic (exact) mass is 263 g/mol. The average Bonchev–Trinajstić information content (AvgIpc) is 2.78. The molecule has 1 atom stereocenters. The standard InChI is InChI=1S/C15H18FNS/c1-3-17-14(15-9-4-11(2)18-15)10-12-5-7-13(16)8-6-12/h4-9,14,17H,3,10H2,1-2H3. The summed E-state index contributed by atoms with van der Waals surface area (Å²) in [5, 5.41) is 3.49. The minimum Gasteiger partial charge on any atom is -0.309 e. The van der Waals surface area contributed by atoms with Gasteiger partial charge in [-0.25, -0.2) is 4.39 Å². The van der Waals surface area contributed by atoms with Gasteiger partial charge >= 0.3 is 0 Å². The second kappa shape index (κ2) is 6.12. The van der Waals surface area contributed by atoms with Gasteiger partial charge in [-0.05, 0) is 49.7 Å². The lowest BCUT2D eigenvalue weighted by Crippen LogP contribution is -2.22. The van der Waals surface area contributed by atoms with Crippen LogP contribution in [-0.2, 0) is 6.42 Å². The lowest BCUT2D eigenvalue weighted by molar-refractivity contribution is 0.557. The maximum atomic E-state index is 12.9. The van der Waals surface area contributed by atoms with Crippen molar-refractivity contribution in [3.8, 4) is 0 Å². The molecule has 1 unspecified atom stereocenters. The molecule has 1 heterocycles. The Labute approximate surface area is 112 Å². The molecule has 2 aromatic rings. The SMILES string of the molecule is CCNC(Cc1ccc(F)cc1)c1ccc(C)s1. The number of hydrogen-bond acceptors (Lipinski definition) is 2. The second-order valence-electron chi connectivity index (χ2n) is 4.39. The highest BCUT2D eigenvalue weighted by atomic mass is 32.1. The van der Waals surface area contributed by atoms with Gasteiger partial charge in [0.05, 0.1) is 0 Å². The molecular weight excluding hydrogens is 245 g/mol. The molecule has 1 aromatic heterocycles. The molecular formula is C15H18FNS. The van der Waals surface area contributed by atoms with Crippen molar-refractivity contribution >= 4 is 11.3 Å². The van der Waals surface area contributed by atoms with E-state index in [4.69, 9.17) is 0 Å². The molecule has 1 nitrogen and oxygen atoms in total. The zero-order chi connectivity index (χ0) is 13.0. The predicted molar refractivity (Wildman–Crippen MR) is 75.6 cm³/mol. The molecule has 0 spiro atoms. The maximum absolute atomic E-state index is 12.9. The van der Waals surface area contributed by atoms with Crippen LogP contribution >= 0.6 is 11.3 Å². The van der Waals surface area contributed by atoms with E-state index in [9.17, 15) is 4.39 Å². The number of likely N-dealkylation sites (N-methyl/N-ethyl adjacent to an activating group) is 1. The van der Waals surface area contributed by atoms with Crippen molar-refractivity contribution in [1.29, 1.82) is 0 Å². The van der Waals surface area contributed by atoms with Gasteiger partial charge in [0.2, 0.25) is 0 Å². The van der Waals surface area contributed by atoms with Gasteiger partial charge in [-0.3, -0.25) is 0 Å². The summed E-state index contributed by atoms with van der Waals surface area (Å²) >= 11 is 1.82. The van der Waals surface area contributed by atoms with Gasteiger partial charge in [0.1, 0.15) is 5.82 Å². The number of rotatable bonds is 5. The van der Waals surface area contributed by atoms with Gasteiger partial charge in [0.15, 0.2) is 0 Å². The second-order valence-corrected chi connectivity index (χ2v) is 5.71. The Bertz CT molecular complexity index is 489. The van der Waals surface area contributed by atoms with Crippen LogP contribution < -0.4 is 5.32 Å². The third-order valence-corrected chi connectivity index (χ3v) is 4.02. The van der Waals surface area contributed by atoms with E-state index in [2.05, 4.69) is 31.3 Å². The summed E-state index contributed by atoms with van der Waals surface area (Å²) in [4.78, 5) is 2.67. The van der Waals surface area contributed by atoms with E-state index in [0.29, 0.717) is 6.04 Å². The van der Waals surface area contributed by atoms with Crippen molar-refractivity contribution in [1.82, 2.24) is 5.32 Å². The van der Waals surface area contributed by atoms with E-state index in [1.165, 1.54) is 21.9 Å². The van der Waals surface area contributed by atoms with Gasteiger partial charge in [-0.2, -0.15) is 0 Å². The highest BCUT2D eigenvalue weighted by molar-refractivity contribution is 7.12. The van der Waals surface area contributed by atoms with Crippen LogP contribution in [0.4, 0.5) is 4.39 Å². The summed E-state index contributed by atoms with van der Waals surface area (Å²) < 4.78 is 12.9. The summed E-state index contributed by atoms with van der Waals surface area (Å²) in [5.74, 6) is -0.175. The fourth-order valence-corrected chi connectivity index (χ4v) is 2.97. The molecule has 0 aliphatic carbocycles. The van der Waals surface area contributed by atoms with E-state index in [0.717, 1.165) is 18.5 Å². The topological polar surface area (TPSA) is 12.0 Å². The van der Waals surface area contributed by atoms with Crippen LogP contribution in [-0.4, -0.2) is 6.54 Å². The Kier molecular flexibility index (Phi) is 4.50. The smallest absolute Gasteiger partial charge is 0.123 e. The number of aryl methyl sites for hydroxylation is 1. The van der Waals surface area contributed by atoms with Crippen LogP contribution in [0.1, 0.15) is 28.3 Å². The van der Waals surface area contributed by atoms with Crippen LogP contribution in [0.3, 0.4) is 0 Å². The minimum atomic E-state index is -0.175. The van der Waals surface area contributed by atoms with Crippen LogP contribution in [0.5, 0.6) is 0 Å². The molecule has 3 heteroatoms. The zero-order valence-electron chi connectivity index (χ0n) is 10.7. The maximum Gasteiger partial charge on any atom is 0.123 e. The van der Waals surface area contributed by atoms with Crippen molar-refractivity contribution < 1.29 is 4.39 Å². The van der Waals surface area contributed by atoms with Crippen molar-refractivity contribution in [3.05, 3.63) is 57.5 Å². The quantitative estimate of drug-likeness (QED) is 0.856. The highest BCUT2D eigenvalue weighted by Crippen LogP contribution is 2.25. The minimum absolute atomic E-state index is 0.175. The summed E-state index contributed by atoms with van der Waals surface area (Å²) in [6, 6.07) is 11.4. The largest absolute Gasteiger partial charge is 0.309 e. The molecule has 1 aromatic carbocycles. The third-order valence-electron chi connectivity index (χ3n) is 2.91. The number of benzene rings is 1. The van der Waals surface area contributed by atoms with Gasteiger partial charge in [-0.15, -0.1) is 11.3 Å². The third kappa shape index (κ3) is 3.40. The average molecular weight is 263 g/mol. The van der Waals surface area contributed by atoms with Crippen LogP contribution in [0.2, 0.25) is 0 Å². The first kappa shape index (κ1) is 13.2. The van der Waals surface area contributed by atoms with E-state index >= 15 is 0 Å². The van der Waals surface area contributed by atoms with Crippen LogP contribution in [0.25, 0.3) is 0 Å². The van der Waals surface area contributed by atoms with E-state index in [-0.39, 0.29) is 5.82 Å². The van der Waals surface area contributed by atoms with Crippen molar-refractivity contribution in [2.24, 2.45) is 0 Å². The van der Waals surface area contributed by atoms with E-state index < -0.39 is 0 Å². The summed E-state index contributed by atoms with van der Waals surface area (Å²) in [5.41, 5.74) is 1.16. The summed E-state index contributed by atoms with van der Waals surface area (Å²) in [6.45, 7) is 5.16. The predicted octanol–water partition coefficient (Wildman–Crippen LogP) is 4.09. The molecule has 96 valence electrons. The molecule has 0 saturated heterocycles. The number of nitrogens with one attached hydrogen (secondary N) is 1. The fraction of sp³-hybridized carbons (Fsp3) is 0.333. The molecule has 2 rings (SSSR count). The number of halogens is 1. The summed E-state index contributed by atoms with van der Waals surface area (Å²) in [6.07, 6.45) is 0.897. The number of hydrogen-bond donors (Lipinski definition) is 1. The Morgan fingerprint density at radius 1 is 1.17 bits per heavy atom. The van der Waals surface area contributed by atoms with E-state index in [1.807, 2.05) is 23.5 Å². The Morgan fingerprint density at radius 2 is 1.89 bits per heavy atom. The Hall–Kier alpha value is -1.19. The van der Waals surface area contributed by atoms with Gasteiger partial charge < -0.3 is 5.32 Å². The Balaban J connectivity index is 2.13. The van der Waals surface area contributed by atoms with Crippen LogP contribution in [0, 0.1) is 12.7 Å². The van der Waals surface area contributed by atoms with Gasteiger partial charge in [0, 0.05) is 15.8 Å². The van der Waals surface area contributed by atoms with E-state index in [1.54, 1.807) is 0 Å². The number of thiophene rings is 1. The molecule has 0 fully saturated rings. The zero-order valence-corrected chi connectivity index (χ0v) is 11.6. The molecule has 0 bridgehead atoms. The molecule has 1 N–H and O–H groups in total. The van der Waals surface area contributed by atoms with Gasteiger partial charge in [0.25, 0.3) is 0 Å². The molecule has 0 saturated carbocycles. The first-order valence-electron chi connectivity index (χ1n) is 6.23. The van der Waals surface area contributed by atoms with Crippen molar-refractivity contribution in [2.75, 3.05) is 6.54 Å². The molecule has 0 amide bonds. The Morgan fingerprint density at radius 3 is 2.44 bits per heavy atom. The summed E-state index contributed by atoms with van der Waals surface area (Å²) in [7, 11) is 0. The highest BCUT2D eigenvalue weighted by Gasteiger charge is 2.12. The molecule has 0 aliphatic heterocycles. The lowest BCUT2D eigenvalue weighted by Gasteiger charge is -2.16. The normalized spacial score (nSPS) is 12.6. The molecule has 0 radical (unpaired) electrons. The molecule has 18 heavy (non-hydrogen) atoms. The van der Waals surface area contributed by atoms with Crippen molar-refractivity contribution in [3.63, 3.8) is 0 Å².